The van der Waals surface area contributed by atoms with Gasteiger partial charge in [0.2, 0.25) is 0 Å². The highest BCUT2D eigenvalue weighted by atomic mass is 19.4. The van der Waals surface area contributed by atoms with Crippen molar-refractivity contribution < 1.29 is 22.3 Å². The molecule has 0 amide bonds. The van der Waals surface area contributed by atoms with E-state index < -0.39 is 17.6 Å². The van der Waals surface area contributed by atoms with Gasteiger partial charge in [0.15, 0.2) is 0 Å². The van der Waals surface area contributed by atoms with E-state index in [9.17, 15) is 17.6 Å². The zero-order valence-corrected chi connectivity index (χ0v) is 10.2. The molecule has 6 heteroatoms. The fraction of sp³-hybridized carbons (Fsp3) is 0.143. The lowest BCUT2D eigenvalue weighted by Gasteiger charge is -2.12. The zero-order chi connectivity index (χ0) is 14.8. The Hall–Kier alpha value is -2.24. The Morgan fingerprint density at radius 2 is 1.65 bits per heavy atom. The number of nitrogens with two attached hydrogens (primary N) is 1. The molecular weight excluding hydrogens is 274 g/mol. The lowest BCUT2D eigenvalue weighted by Crippen LogP contribution is -2.10. The summed E-state index contributed by atoms with van der Waals surface area (Å²) in [6.07, 6.45) is -4.50. The van der Waals surface area contributed by atoms with Crippen molar-refractivity contribution in [3.8, 4) is 5.75 Å². The maximum Gasteiger partial charge on any atom is 0.418 e. The number of halogens is 4. The highest BCUT2D eigenvalue weighted by Crippen LogP contribution is 2.34. The minimum absolute atomic E-state index is 0.0605. The molecule has 0 spiro atoms. The van der Waals surface area contributed by atoms with Crippen LogP contribution in [0.25, 0.3) is 0 Å². The number of ether oxygens (including phenoxy) is 1. The average molecular weight is 285 g/mol. The minimum atomic E-state index is -4.50. The van der Waals surface area contributed by atoms with Gasteiger partial charge in [-0.15, -0.1) is 0 Å². The van der Waals surface area contributed by atoms with Crippen molar-refractivity contribution in [3.63, 3.8) is 0 Å². The topological polar surface area (TPSA) is 35.2 Å². The first-order chi connectivity index (χ1) is 9.36. The van der Waals surface area contributed by atoms with Crippen LogP contribution in [-0.2, 0) is 12.8 Å². The first kappa shape index (κ1) is 14.2. The standard InChI is InChI=1S/C14H11F4NO/c15-10-2-4-11(5-3-10)20-8-9-1-6-13(19)12(7-9)14(16,17)18/h1-7H,8,19H2. The summed E-state index contributed by atoms with van der Waals surface area (Å²) in [5.74, 6) is -0.0408. The van der Waals surface area contributed by atoms with Crippen LogP contribution in [0.5, 0.6) is 5.75 Å². The van der Waals surface area contributed by atoms with Gasteiger partial charge in [-0.3, -0.25) is 0 Å². The van der Waals surface area contributed by atoms with Crippen molar-refractivity contribution in [1.29, 1.82) is 0 Å². The van der Waals surface area contributed by atoms with Crippen LogP contribution in [0.1, 0.15) is 11.1 Å². The Bertz CT molecular complexity index is 593. The van der Waals surface area contributed by atoms with Gasteiger partial charge in [-0.05, 0) is 42.0 Å². The van der Waals surface area contributed by atoms with Crippen molar-refractivity contribution in [2.24, 2.45) is 0 Å². The van der Waals surface area contributed by atoms with Crippen molar-refractivity contribution >= 4 is 5.69 Å². The van der Waals surface area contributed by atoms with Crippen LogP contribution < -0.4 is 10.5 Å². The lowest BCUT2D eigenvalue weighted by molar-refractivity contribution is -0.137. The molecule has 2 nitrogen and oxygen atoms in total. The van der Waals surface area contributed by atoms with Crippen LogP contribution in [-0.4, -0.2) is 0 Å². The Labute approximate surface area is 112 Å². The number of anilines is 1. The Morgan fingerprint density at radius 3 is 2.25 bits per heavy atom. The number of hydrogen-bond donors (Lipinski definition) is 1. The molecule has 0 saturated heterocycles. The molecule has 0 aromatic heterocycles. The number of hydrogen-bond acceptors (Lipinski definition) is 2. The normalized spacial score (nSPS) is 11.4. The van der Waals surface area contributed by atoms with Crippen molar-refractivity contribution in [2.75, 3.05) is 5.73 Å². The van der Waals surface area contributed by atoms with E-state index in [1.807, 2.05) is 0 Å². The monoisotopic (exact) mass is 285 g/mol. The summed E-state index contributed by atoms with van der Waals surface area (Å²) in [5, 5.41) is 0. The quantitative estimate of drug-likeness (QED) is 0.683. The number of alkyl halides is 3. The maximum atomic E-state index is 12.7. The van der Waals surface area contributed by atoms with Crippen LogP contribution in [0, 0.1) is 5.82 Å². The predicted molar refractivity (Wildman–Crippen MR) is 66.6 cm³/mol. The minimum Gasteiger partial charge on any atom is -0.489 e. The third kappa shape index (κ3) is 3.40. The van der Waals surface area contributed by atoms with E-state index in [-0.39, 0.29) is 12.3 Å². The van der Waals surface area contributed by atoms with Gasteiger partial charge in [0.25, 0.3) is 0 Å². The molecule has 0 bridgehead atoms. The number of rotatable bonds is 3. The van der Waals surface area contributed by atoms with Gasteiger partial charge < -0.3 is 10.5 Å². The molecule has 0 radical (unpaired) electrons. The first-order valence-corrected chi connectivity index (χ1v) is 5.70. The second kappa shape index (κ2) is 5.40. The van der Waals surface area contributed by atoms with Crippen molar-refractivity contribution in [1.82, 2.24) is 0 Å². The van der Waals surface area contributed by atoms with Gasteiger partial charge in [0.05, 0.1) is 5.56 Å². The second-order valence-electron chi connectivity index (χ2n) is 4.16. The Kier molecular flexibility index (Phi) is 3.83. The van der Waals surface area contributed by atoms with Gasteiger partial charge in [-0.25, -0.2) is 4.39 Å². The van der Waals surface area contributed by atoms with E-state index in [1.54, 1.807) is 0 Å². The van der Waals surface area contributed by atoms with E-state index in [0.717, 1.165) is 6.07 Å². The second-order valence-corrected chi connectivity index (χ2v) is 4.16. The van der Waals surface area contributed by atoms with E-state index in [0.29, 0.717) is 11.3 Å². The summed E-state index contributed by atoms with van der Waals surface area (Å²) in [4.78, 5) is 0. The Balaban J connectivity index is 2.12. The summed E-state index contributed by atoms with van der Waals surface area (Å²) in [7, 11) is 0. The highest BCUT2D eigenvalue weighted by molar-refractivity contribution is 5.50. The summed E-state index contributed by atoms with van der Waals surface area (Å²) >= 11 is 0. The predicted octanol–water partition coefficient (Wildman–Crippen LogP) is 4.01. The summed E-state index contributed by atoms with van der Waals surface area (Å²) in [5.41, 5.74) is 4.40. The van der Waals surface area contributed by atoms with Crippen molar-refractivity contribution in [3.05, 3.63) is 59.4 Å². The largest absolute Gasteiger partial charge is 0.489 e. The fourth-order valence-corrected chi connectivity index (χ4v) is 1.64. The third-order valence-corrected chi connectivity index (χ3v) is 2.64. The van der Waals surface area contributed by atoms with E-state index in [1.165, 1.54) is 36.4 Å². The highest BCUT2D eigenvalue weighted by Gasteiger charge is 2.33. The molecule has 106 valence electrons. The maximum absolute atomic E-state index is 12.7. The number of nitrogen functional groups attached to an aromatic ring is 1. The zero-order valence-electron chi connectivity index (χ0n) is 10.2. The van der Waals surface area contributed by atoms with Gasteiger partial charge in [-0.1, -0.05) is 6.07 Å². The SMILES string of the molecule is Nc1ccc(COc2ccc(F)cc2)cc1C(F)(F)F. The molecule has 0 fully saturated rings. The van der Waals surface area contributed by atoms with Crippen LogP contribution >= 0.6 is 0 Å². The molecule has 2 N–H and O–H groups in total. The summed E-state index contributed by atoms with van der Waals surface area (Å²) in [6, 6.07) is 8.80. The average Bonchev–Trinajstić information content (AvgIpc) is 2.38. The van der Waals surface area contributed by atoms with Gasteiger partial charge >= 0.3 is 6.18 Å². The smallest absolute Gasteiger partial charge is 0.418 e. The third-order valence-electron chi connectivity index (χ3n) is 2.64. The van der Waals surface area contributed by atoms with E-state index in [2.05, 4.69) is 0 Å². The lowest BCUT2D eigenvalue weighted by atomic mass is 10.1. The van der Waals surface area contributed by atoms with Crippen LogP contribution in [0.3, 0.4) is 0 Å². The molecule has 0 aliphatic heterocycles. The summed E-state index contributed by atoms with van der Waals surface area (Å²) in [6.45, 7) is -0.0605. The molecule has 2 aromatic rings. The van der Waals surface area contributed by atoms with Gasteiger partial charge in [0, 0.05) is 5.69 Å². The van der Waals surface area contributed by atoms with Crippen LogP contribution in [0.4, 0.5) is 23.2 Å². The molecule has 2 rings (SSSR count). The summed E-state index contributed by atoms with van der Waals surface area (Å²) < 4.78 is 56.0. The molecular formula is C14H11F4NO. The van der Waals surface area contributed by atoms with E-state index >= 15 is 0 Å². The fourth-order valence-electron chi connectivity index (χ4n) is 1.64. The molecule has 0 aliphatic rings. The van der Waals surface area contributed by atoms with Crippen molar-refractivity contribution in [2.45, 2.75) is 12.8 Å². The molecule has 0 saturated carbocycles. The Morgan fingerprint density at radius 1 is 1.00 bits per heavy atom. The van der Waals surface area contributed by atoms with Crippen LogP contribution in [0.2, 0.25) is 0 Å². The molecule has 20 heavy (non-hydrogen) atoms. The van der Waals surface area contributed by atoms with Gasteiger partial charge in [0.1, 0.15) is 18.2 Å². The van der Waals surface area contributed by atoms with Gasteiger partial charge in [-0.2, -0.15) is 13.2 Å². The number of benzene rings is 2. The molecule has 0 atom stereocenters. The van der Waals surface area contributed by atoms with E-state index in [4.69, 9.17) is 10.5 Å². The molecule has 0 aliphatic carbocycles. The first-order valence-electron chi connectivity index (χ1n) is 5.70. The molecule has 0 unspecified atom stereocenters. The molecule has 0 heterocycles. The van der Waals surface area contributed by atoms with Crippen LogP contribution in [0.15, 0.2) is 42.5 Å². The molecule has 2 aromatic carbocycles.